The summed E-state index contributed by atoms with van der Waals surface area (Å²) in [4.78, 5) is 11.2. The van der Waals surface area contributed by atoms with E-state index >= 15 is 0 Å². The number of carboxylic acids is 1. The number of carboxylic acid groups (broad SMARTS) is 1. The minimum absolute atomic E-state index is 0.132. The maximum absolute atomic E-state index is 11.2. The summed E-state index contributed by atoms with van der Waals surface area (Å²) >= 11 is 5.93. The third-order valence-corrected chi connectivity index (χ3v) is 3.89. The van der Waals surface area contributed by atoms with Gasteiger partial charge in [0.1, 0.15) is 16.9 Å². The number of phenols is 1. The summed E-state index contributed by atoms with van der Waals surface area (Å²) in [5, 5.41) is 27.3. The minimum atomic E-state index is -1.28. The molecule has 2 N–H and O–H groups in total. The van der Waals surface area contributed by atoms with Crippen LogP contribution in [0.15, 0.2) is 42.6 Å². The van der Waals surface area contributed by atoms with Gasteiger partial charge < -0.3 is 14.9 Å². The summed E-state index contributed by atoms with van der Waals surface area (Å²) in [6, 6.07) is 10.6. The highest BCUT2D eigenvalue weighted by Crippen LogP contribution is 2.30. The number of ether oxygens (including phenoxy) is 1. The third kappa shape index (κ3) is 4.01. The van der Waals surface area contributed by atoms with Crippen molar-refractivity contribution >= 4 is 17.6 Å². The summed E-state index contributed by atoms with van der Waals surface area (Å²) in [7, 11) is 0. The lowest BCUT2D eigenvalue weighted by molar-refractivity contribution is 0.0693. The van der Waals surface area contributed by atoms with E-state index in [2.05, 4.69) is 10.3 Å². The van der Waals surface area contributed by atoms with E-state index in [1.54, 1.807) is 6.20 Å². The van der Waals surface area contributed by atoms with Crippen LogP contribution in [0.5, 0.6) is 5.75 Å². The molecule has 3 rings (SSSR count). The molecule has 3 aromatic rings. The Morgan fingerprint density at radius 1 is 1.27 bits per heavy atom. The molecule has 0 aliphatic carbocycles. The molecule has 0 saturated heterocycles. The van der Waals surface area contributed by atoms with Crippen molar-refractivity contribution in [3.8, 4) is 11.4 Å². The Kier molecular flexibility index (Phi) is 5.20. The predicted molar refractivity (Wildman–Crippen MR) is 94.7 cm³/mol. The van der Waals surface area contributed by atoms with Crippen LogP contribution in [0, 0.1) is 6.92 Å². The number of hydrogen-bond donors (Lipinski definition) is 2. The normalized spacial score (nSPS) is 10.8. The van der Waals surface area contributed by atoms with Crippen molar-refractivity contribution in [3.63, 3.8) is 0 Å². The van der Waals surface area contributed by atoms with E-state index in [4.69, 9.17) is 21.4 Å². The van der Waals surface area contributed by atoms with Crippen LogP contribution in [0.4, 0.5) is 0 Å². The largest absolute Gasteiger partial charge is 0.505 e. The molecule has 0 aliphatic heterocycles. The Hall–Kier alpha value is -2.90. The number of aromatic carboxylic acids is 1. The zero-order valence-electron chi connectivity index (χ0n) is 13.9. The maximum atomic E-state index is 11.2. The van der Waals surface area contributed by atoms with E-state index in [0.29, 0.717) is 12.3 Å². The van der Waals surface area contributed by atoms with Gasteiger partial charge in [0.25, 0.3) is 0 Å². The molecule has 134 valence electrons. The van der Waals surface area contributed by atoms with Gasteiger partial charge in [0.05, 0.1) is 19.4 Å². The molecule has 2 aromatic carbocycles. The van der Waals surface area contributed by atoms with E-state index in [9.17, 15) is 9.90 Å². The number of rotatable bonds is 6. The number of benzene rings is 2. The van der Waals surface area contributed by atoms with Gasteiger partial charge in [-0.3, -0.25) is 0 Å². The molecule has 0 bridgehead atoms. The van der Waals surface area contributed by atoms with E-state index in [-0.39, 0.29) is 22.9 Å². The quantitative estimate of drug-likeness (QED) is 0.687. The molecule has 0 amide bonds. The zero-order valence-corrected chi connectivity index (χ0v) is 14.6. The first-order valence-electron chi connectivity index (χ1n) is 7.74. The van der Waals surface area contributed by atoms with E-state index in [1.807, 2.05) is 31.2 Å². The van der Waals surface area contributed by atoms with E-state index in [1.165, 1.54) is 16.8 Å². The highest BCUT2D eigenvalue weighted by atomic mass is 35.5. The number of aryl methyl sites for hydroxylation is 1. The van der Waals surface area contributed by atoms with Crippen molar-refractivity contribution < 1.29 is 19.7 Å². The van der Waals surface area contributed by atoms with Crippen LogP contribution in [-0.4, -0.2) is 31.2 Å². The molecule has 1 heterocycles. The number of aromatic nitrogens is 3. The summed E-state index contributed by atoms with van der Waals surface area (Å²) in [5.74, 6) is -1.72. The second kappa shape index (κ2) is 7.55. The Morgan fingerprint density at radius 3 is 2.81 bits per heavy atom. The molecular weight excluding hydrogens is 358 g/mol. The van der Waals surface area contributed by atoms with Gasteiger partial charge in [-0.1, -0.05) is 46.6 Å². The lowest BCUT2D eigenvalue weighted by Crippen LogP contribution is -2.02. The molecule has 0 spiro atoms. The van der Waals surface area contributed by atoms with Crippen molar-refractivity contribution in [2.45, 2.75) is 20.1 Å². The molecule has 8 heteroatoms. The van der Waals surface area contributed by atoms with Crippen molar-refractivity contribution in [1.29, 1.82) is 0 Å². The Morgan fingerprint density at radius 2 is 2.08 bits per heavy atom. The van der Waals surface area contributed by atoms with Gasteiger partial charge in [-0.2, -0.15) is 0 Å². The third-order valence-electron chi connectivity index (χ3n) is 3.67. The molecule has 0 atom stereocenters. The summed E-state index contributed by atoms with van der Waals surface area (Å²) in [6.45, 7) is 2.67. The molecule has 1 aromatic heterocycles. The van der Waals surface area contributed by atoms with Crippen molar-refractivity contribution in [2.24, 2.45) is 0 Å². The smallest absolute Gasteiger partial charge is 0.339 e. The maximum Gasteiger partial charge on any atom is 0.339 e. The van der Waals surface area contributed by atoms with Gasteiger partial charge in [0, 0.05) is 5.02 Å². The monoisotopic (exact) mass is 373 g/mol. The molecule has 0 saturated carbocycles. The molecule has 0 fully saturated rings. The number of carbonyl (C=O) groups is 1. The number of nitrogens with zero attached hydrogens (tertiary/aromatic N) is 3. The van der Waals surface area contributed by atoms with Crippen LogP contribution in [0.25, 0.3) is 5.69 Å². The van der Waals surface area contributed by atoms with Gasteiger partial charge in [0.15, 0.2) is 5.75 Å². The van der Waals surface area contributed by atoms with Gasteiger partial charge in [-0.05, 0) is 24.6 Å². The lowest BCUT2D eigenvalue weighted by Gasteiger charge is -2.07. The average Bonchev–Trinajstić information content (AvgIpc) is 3.05. The van der Waals surface area contributed by atoms with Gasteiger partial charge in [-0.25, -0.2) is 9.48 Å². The molecule has 0 unspecified atom stereocenters. The number of halogens is 1. The molecule has 0 aliphatic rings. The SMILES string of the molecule is Cc1cccc(COCc2cn(-c3cc(Cl)cc(C(=O)O)c3O)nn2)c1. The second-order valence-corrected chi connectivity index (χ2v) is 6.20. The standard InChI is InChI=1S/C18H16ClN3O4/c1-11-3-2-4-12(5-11)9-26-10-14-8-22(21-20-14)16-7-13(19)6-15(17(16)23)18(24)25/h2-8,23H,9-10H2,1H3,(H,24,25). The molecule has 0 radical (unpaired) electrons. The topological polar surface area (TPSA) is 97.5 Å². The molecule has 26 heavy (non-hydrogen) atoms. The highest BCUT2D eigenvalue weighted by molar-refractivity contribution is 6.31. The van der Waals surface area contributed by atoms with Crippen LogP contribution in [-0.2, 0) is 18.0 Å². The van der Waals surface area contributed by atoms with E-state index < -0.39 is 11.7 Å². The first-order chi connectivity index (χ1) is 12.4. The number of aromatic hydroxyl groups is 1. The molecular formula is C18H16ClN3O4. The van der Waals surface area contributed by atoms with Crippen LogP contribution >= 0.6 is 11.6 Å². The fourth-order valence-corrected chi connectivity index (χ4v) is 2.69. The highest BCUT2D eigenvalue weighted by Gasteiger charge is 2.17. The first-order valence-corrected chi connectivity index (χ1v) is 8.12. The van der Waals surface area contributed by atoms with Gasteiger partial charge >= 0.3 is 5.97 Å². The van der Waals surface area contributed by atoms with Crippen molar-refractivity contribution in [3.05, 3.63) is 70.0 Å². The van der Waals surface area contributed by atoms with Crippen molar-refractivity contribution in [1.82, 2.24) is 15.0 Å². The summed E-state index contributed by atoms with van der Waals surface area (Å²) in [5.41, 5.74) is 2.57. The molecule has 7 nitrogen and oxygen atoms in total. The first kappa shape index (κ1) is 17.9. The van der Waals surface area contributed by atoms with Crippen LogP contribution < -0.4 is 0 Å². The van der Waals surface area contributed by atoms with E-state index in [0.717, 1.165) is 11.1 Å². The average molecular weight is 374 g/mol. The summed E-state index contributed by atoms with van der Waals surface area (Å²) in [6.07, 6.45) is 1.55. The fourth-order valence-electron chi connectivity index (χ4n) is 2.48. The summed E-state index contributed by atoms with van der Waals surface area (Å²) < 4.78 is 6.89. The fraction of sp³-hybridized carbons (Fsp3) is 0.167. The number of hydrogen-bond acceptors (Lipinski definition) is 5. The second-order valence-electron chi connectivity index (χ2n) is 5.76. The van der Waals surface area contributed by atoms with Crippen LogP contribution in [0.1, 0.15) is 27.2 Å². The van der Waals surface area contributed by atoms with Gasteiger partial charge in [-0.15, -0.1) is 5.10 Å². The Bertz CT molecular complexity index is 955. The van der Waals surface area contributed by atoms with Crippen LogP contribution in [0.2, 0.25) is 5.02 Å². The zero-order chi connectivity index (χ0) is 18.7. The Balaban J connectivity index is 1.73. The lowest BCUT2D eigenvalue weighted by atomic mass is 10.1. The van der Waals surface area contributed by atoms with Gasteiger partial charge in [0.2, 0.25) is 0 Å². The minimum Gasteiger partial charge on any atom is -0.505 e. The van der Waals surface area contributed by atoms with Crippen molar-refractivity contribution in [2.75, 3.05) is 0 Å². The Labute approximate surface area is 154 Å². The predicted octanol–water partition coefficient (Wildman–Crippen LogP) is 3.35. The van der Waals surface area contributed by atoms with Crippen LogP contribution in [0.3, 0.4) is 0 Å².